The smallest absolute Gasteiger partial charge is 0.197 e. The maximum absolute atomic E-state index is 5.57. The summed E-state index contributed by atoms with van der Waals surface area (Å²) in [7, 11) is 0. The van der Waals surface area contributed by atoms with Crippen molar-refractivity contribution >= 4 is 5.95 Å². The molecule has 6 heteroatoms. The molecule has 24 heavy (non-hydrogen) atoms. The van der Waals surface area contributed by atoms with Crippen molar-refractivity contribution < 1.29 is 0 Å². The number of H-pyrrole nitrogens is 1. The van der Waals surface area contributed by atoms with Crippen LogP contribution < -0.4 is 5.73 Å². The van der Waals surface area contributed by atoms with Crippen LogP contribution in [0.4, 0.5) is 5.95 Å². The van der Waals surface area contributed by atoms with E-state index in [0.717, 1.165) is 43.6 Å². The third-order valence-electron chi connectivity index (χ3n) is 4.04. The SMILES string of the molecule is CC(Cc1ccccc1)Cn1cc(CCCc2cnc(N)[nH]2)nn1. The Kier molecular flexibility index (Phi) is 5.25. The molecule has 0 radical (unpaired) electrons. The minimum Gasteiger partial charge on any atom is -0.369 e. The number of aryl methyl sites for hydroxylation is 2. The van der Waals surface area contributed by atoms with E-state index in [1.165, 1.54) is 5.56 Å². The fourth-order valence-electron chi connectivity index (χ4n) is 2.91. The number of nitrogen functional groups attached to an aromatic ring is 1. The van der Waals surface area contributed by atoms with Gasteiger partial charge in [-0.3, -0.25) is 4.68 Å². The van der Waals surface area contributed by atoms with Gasteiger partial charge in [-0.2, -0.15) is 0 Å². The van der Waals surface area contributed by atoms with Gasteiger partial charge in [0.2, 0.25) is 0 Å². The van der Waals surface area contributed by atoms with Crippen LogP contribution in [0.2, 0.25) is 0 Å². The van der Waals surface area contributed by atoms with Crippen LogP contribution in [-0.4, -0.2) is 25.0 Å². The van der Waals surface area contributed by atoms with Crippen LogP contribution in [0.3, 0.4) is 0 Å². The van der Waals surface area contributed by atoms with Crippen molar-refractivity contribution in [3.63, 3.8) is 0 Å². The minimum atomic E-state index is 0.475. The number of imidazole rings is 1. The largest absolute Gasteiger partial charge is 0.369 e. The summed E-state index contributed by atoms with van der Waals surface area (Å²) in [5, 5.41) is 8.53. The maximum Gasteiger partial charge on any atom is 0.197 e. The third kappa shape index (κ3) is 4.68. The van der Waals surface area contributed by atoms with E-state index in [4.69, 9.17) is 5.73 Å². The van der Waals surface area contributed by atoms with Crippen LogP contribution in [0.1, 0.15) is 30.3 Å². The Bertz CT molecular complexity index is 746. The minimum absolute atomic E-state index is 0.475. The second kappa shape index (κ2) is 7.77. The monoisotopic (exact) mass is 324 g/mol. The molecule has 0 bridgehead atoms. The van der Waals surface area contributed by atoms with Gasteiger partial charge in [-0.1, -0.05) is 42.5 Å². The molecule has 0 spiro atoms. The first-order valence-electron chi connectivity index (χ1n) is 8.41. The van der Waals surface area contributed by atoms with Gasteiger partial charge >= 0.3 is 0 Å². The lowest BCUT2D eigenvalue weighted by molar-refractivity contribution is 0.439. The van der Waals surface area contributed by atoms with E-state index in [1.807, 2.05) is 4.68 Å². The third-order valence-corrected chi connectivity index (χ3v) is 4.04. The zero-order chi connectivity index (χ0) is 16.8. The summed E-state index contributed by atoms with van der Waals surface area (Å²) < 4.78 is 1.96. The van der Waals surface area contributed by atoms with Crippen LogP contribution in [0, 0.1) is 5.92 Å². The highest BCUT2D eigenvalue weighted by atomic mass is 15.4. The van der Waals surface area contributed by atoms with Gasteiger partial charge in [0.1, 0.15) is 0 Å². The maximum atomic E-state index is 5.57. The Hall–Kier alpha value is -2.63. The first kappa shape index (κ1) is 16.2. The molecule has 0 aliphatic rings. The van der Waals surface area contributed by atoms with Gasteiger partial charge in [-0.15, -0.1) is 5.10 Å². The molecule has 3 aromatic rings. The highest BCUT2D eigenvalue weighted by molar-refractivity contribution is 5.18. The van der Waals surface area contributed by atoms with Crippen molar-refractivity contribution in [2.45, 2.75) is 39.2 Å². The molecule has 0 aliphatic carbocycles. The predicted octanol–water partition coefficient (Wildman–Crippen LogP) is 2.64. The van der Waals surface area contributed by atoms with Gasteiger partial charge in [0.25, 0.3) is 0 Å². The van der Waals surface area contributed by atoms with E-state index >= 15 is 0 Å². The Morgan fingerprint density at radius 2 is 2.04 bits per heavy atom. The molecule has 0 aliphatic heterocycles. The first-order valence-corrected chi connectivity index (χ1v) is 8.41. The molecule has 1 unspecified atom stereocenters. The molecule has 126 valence electrons. The fraction of sp³-hybridized carbons (Fsp3) is 0.389. The summed E-state index contributed by atoms with van der Waals surface area (Å²) >= 11 is 0. The Balaban J connectivity index is 1.44. The number of anilines is 1. The number of hydrogen-bond donors (Lipinski definition) is 2. The lowest BCUT2D eigenvalue weighted by Crippen LogP contribution is -2.10. The number of aromatic amines is 1. The molecule has 6 nitrogen and oxygen atoms in total. The van der Waals surface area contributed by atoms with Crippen LogP contribution in [0.15, 0.2) is 42.7 Å². The lowest BCUT2D eigenvalue weighted by atomic mass is 10.0. The van der Waals surface area contributed by atoms with Crippen LogP contribution in [0.25, 0.3) is 0 Å². The summed E-state index contributed by atoms with van der Waals surface area (Å²) in [5.41, 5.74) is 9.04. The number of rotatable bonds is 8. The summed E-state index contributed by atoms with van der Waals surface area (Å²) in [6, 6.07) is 10.6. The molecule has 0 saturated carbocycles. The molecular weight excluding hydrogens is 300 g/mol. The highest BCUT2D eigenvalue weighted by Gasteiger charge is 2.07. The predicted molar refractivity (Wildman–Crippen MR) is 94.4 cm³/mol. The van der Waals surface area contributed by atoms with Crippen molar-refractivity contribution in [1.29, 1.82) is 0 Å². The molecule has 2 heterocycles. The van der Waals surface area contributed by atoms with Gasteiger partial charge in [0.15, 0.2) is 5.95 Å². The zero-order valence-electron chi connectivity index (χ0n) is 14.0. The summed E-state index contributed by atoms with van der Waals surface area (Å²) in [6.45, 7) is 3.13. The van der Waals surface area contributed by atoms with Crippen molar-refractivity contribution in [2.24, 2.45) is 5.92 Å². The first-order chi connectivity index (χ1) is 11.7. The van der Waals surface area contributed by atoms with Crippen LogP contribution in [0.5, 0.6) is 0 Å². The van der Waals surface area contributed by atoms with Crippen molar-refractivity contribution in [3.8, 4) is 0 Å². The lowest BCUT2D eigenvalue weighted by Gasteiger charge is -2.10. The van der Waals surface area contributed by atoms with Crippen LogP contribution >= 0.6 is 0 Å². The number of hydrogen-bond acceptors (Lipinski definition) is 4. The van der Waals surface area contributed by atoms with Gasteiger partial charge in [0.05, 0.1) is 11.9 Å². The molecular formula is C18H24N6. The fourth-order valence-corrected chi connectivity index (χ4v) is 2.91. The van der Waals surface area contributed by atoms with E-state index in [2.05, 4.69) is 63.7 Å². The zero-order valence-corrected chi connectivity index (χ0v) is 14.0. The molecule has 1 atom stereocenters. The highest BCUT2D eigenvalue weighted by Crippen LogP contribution is 2.11. The van der Waals surface area contributed by atoms with E-state index < -0.39 is 0 Å². The average molecular weight is 324 g/mol. The summed E-state index contributed by atoms with van der Waals surface area (Å²) in [6.07, 6.45) is 7.73. The topological polar surface area (TPSA) is 85.4 Å². The Morgan fingerprint density at radius 3 is 2.79 bits per heavy atom. The van der Waals surface area contributed by atoms with E-state index in [9.17, 15) is 0 Å². The van der Waals surface area contributed by atoms with E-state index in [-0.39, 0.29) is 0 Å². The average Bonchev–Trinajstić information content (AvgIpc) is 3.17. The molecule has 0 amide bonds. The molecule has 1 aromatic carbocycles. The number of nitrogens with zero attached hydrogens (tertiary/aromatic N) is 4. The second-order valence-electron chi connectivity index (χ2n) is 6.37. The molecule has 3 rings (SSSR count). The van der Waals surface area contributed by atoms with Crippen molar-refractivity contribution in [1.82, 2.24) is 25.0 Å². The van der Waals surface area contributed by atoms with Gasteiger partial charge < -0.3 is 10.7 Å². The van der Waals surface area contributed by atoms with E-state index in [1.54, 1.807) is 6.20 Å². The van der Waals surface area contributed by atoms with Crippen LogP contribution in [-0.2, 0) is 25.8 Å². The van der Waals surface area contributed by atoms with Gasteiger partial charge in [-0.25, -0.2) is 4.98 Å². The van der Waals surface area contributed by atoms with Gasteiger partial charge in [0, 0.05) is 18.4 Å². The second-order valence-corrected chi connectivity index (χ2v) is 6.37. The normalized spacial score (nSPS) is 12.4. The van der Waals surface area contributed by atoms with E-state index in [0.29, 0.717) is 11.9 Å². The van der Waals surface area contributed by atoms with Gasteiger partial charge in [-0.05, 0) is 37.2 Å². The number of nitrogens with one attached hydrogen (secondary N) is 1. The summed E-state index contributed by atoms with van der Waals surface area (Å²) in [5.74, 6) is 0.998. The number of nitrogens with two attached hydrogens (primary N) is 1. The Morgan fingerprint density at radius 1 is 1.21 bits per heavy atom. The number of aromatic nitrogens is 5. The standard InChI is InChI=1S/C18H24N6/c1-14(10-15-6-3-2-4-7-15)12-24-13-17(22-23-24)9-5-8-16-11-20-18(19)21-16/h2-4,6-7,11,13-14H,5,8-10,12H2,1H3,(H3,19,20,21). The van der Waals surface area contributed by atoms with Crippen molar-refractivity contribution in [2.75, 3.05) is 5.73 Å². The molecule has 0 fully saturated rings. The molecule has 3 N–H and O–H groups in total. The summed E-state index contributed by atoms with van der Waals surface area (Å²) in [4.78, 5) is 7.05. The quantitative estimate of drug-likeness (QED) is 0.667. The van der Waals surface area contributed by atoms with Crippen molar-refractivity contribution in [3.05, 3.63) is 59.7 Å². The molecule has 0 saturated heterocycles. The molecule has 2 aromatic heterocycles. The Labute approximate surface area is 142 Å². The number of benzene rings is 1.